The first-order chi connectivity index (χ1) is 13.1. The number of hydrogen-bond donors (Lipinski definition) is 1. The summed E-state index contributed by atoms with van der Waals surface area (Å²) in [6.45, 7) is 0.0879. The highest BCUT2D eigenvalue weighted by Gasteiger charge is 2.13. The summed E-state index contributed by atoms with van der Waals surface area (Å²) in [5, 5.41) is 12.1. The number of carbonyl (C=O) groups is 1. The number of carbonyl (C=O) groups excluding carboxylic acids is 1. The van der Waals surface area contributed by atoms with E-state index in [2.05, 4.69) is 11.2 Å². The number of amides is 1. The van der Waals surface area contributed by atoms with Crippen molar-refractivity contribution in [3.63, 3.8) is 0 Å². The molecule has 0 aliphatic carbocycles. The number of terminal acetylenes is 1. The molecule has 0 atom stereocenters. The van der Waals surface area contributed by atoms with E-state index < -0.39 is 5.91 Å². The van der Waals surface area contributed by atoms with Crippen LogP contribution in [0.2, 0.25) is 0 Å². The second kappa shape index (κ2) is 9.55. The number of para-hydroxylation sites is 1. The molecule has 0 bridgehead atoms. The monoisotopic (exact) mass is 362 g/mol. The maximum atomic E-state index is 12.5. The van der Waals surface area contributed by atoms with Gasteiger partial charge in [-0.3, -0.25) is 4.79 Å². The highest BCUT2D eigenvalue weighted by molar-refractivity contribution is 6.09. The Bertz CT molecular complexity index is 936. The molecule has 0 radical (unpaired) electrons. The Morgan fingerprint density at radius 1 is 1.15 bits per heavy atom. The fraction of sp³-hybridized carbons (Fsp3) is 0.143. The molecular weight excluding hydrogens is 344 g/mol. The largest absolute Gasteiger partial charge is 0.493 e. The van der Waals surface area contributed by atoms with Gasteiger partial charge in [-0.25, -0.2) is 0 Å². The lowest BCUT2D eigenvalue weighted by atomic mass is 10.1. The van der Waals surface area contributed by atoms with Gasteiger partial charge in [-0.05, 0) is 24.3 Å². The molecule has 0 saturated carbocycles. The minimum absolute atomic E-state index is 0.0819. The predicted octanol–water partition coefficient (Wildman–Crippen LogP) is 3.26. The number of rotatable bonds is 7. The average molecular weight is 362 g/mol. The van der Waals surface area contributed by atoms with Gasteiger partial charge in [0.05, 0.1) is 14.2 Å². The van der Waals surface area contributed by atoms with E-state index in [4.69, 9.17) is 20.6 Å². The van der Waals surface area contributed by atoms with Crippen molar-refractivity contribution in [2.75, 3.05) is 26.1 Å². The topological polar surface area (TPSA) is 80.6 Å². The van der Waals surface area contributed by atoms with E-state index in [0.717, 1.165) is 0 Å². The van der Waals surface area contributed by atoms with Crippen molar-refractivity contribution in [3.8, 4) is 35.7 Å². The maximum Gasteiger partial charge on any atom is 0.266 e. The predicted molar refractivity (Wildman–Crippen MR) is 103 cm³/mol. The lowest BCUT2D eigenvalue weighted by Gasteiger charge is -2.10. The van der Waals surface area contributed by atoms with Gasteiger partial charge in [0.2, 0.25) is 0 Å². The summed E-state index contributed by atoms with van der Waals surface area (Å²) in [4.78, 5) is 12.5. The zero-order valence-electron chi connectivity index (χ0n) is 15.0. The smallest absolute Gasteiger partial charge is 0.266 e. The lowest BCUT2D eigenvalue weighted by molar-refractivity contribution is -0.112. The van der Waals surface area contributed by atoms with Gasteiger partial charge in [-0.2, -0.15) is 5.26 Å². The Morgan fingerprint density at radius 2 is 1.89 bits per heavy atom. The zero-order chi connectivity index (χ0) is 19.6. The van der Waals surface area contributed by atoms with Crippen LogP contribution >= 0.6 is 0 Å². The van der Waals surface area contributed by atoms with Crippen molar-refractivity contribution in [2.45, 2.75) is 0 Å². The van der Waals surface area contributed by atoms with E-state index in [9.17, 15) is 10.1 Å². The summed E-state index contributed by atoms with van der Waals surface area (Å²) in [6, 6.07) is 13.8. The van der Waals surface area contributed by atoms with Crippen molar-refractivity contribution in [1.82, 2.24) is 0 Å². The van der Waals surface area contributed by atoms with Crippen LogP contribution in [0.5, 0.6) is 17.2 Å². The van der Waals surface area contributed by atoms with Crippen LogP contribution in [-0.4, -0.2) is 26.7 Å². The number of methoxy groups -OCH3 is 2. The number of anilines is 1. The molecule has 6 heteroatoms. The Balaban J connectivity index is 2.26. The molecule has 2 aromatic carbocycles. The standard InChI is InChI=1S/C21H18N2O4/c1-4-11-27-18-8-6-5-7-15(18)12-16(14-22)21(24)23-17-9-10-19(25-2)20(13-17)26-3/h1,5-10,12-13H,11H2,2-3H3,(H,23,24)/b16-12+. The van der Waals surface area contributed by atoms with Gasteiger partial charge in [0.15, 0.2) is 11.5 Å². The first kappa shape index (κ1) is 19.4. The lowest BCUT2D eigenvalue weighted by Crippen LogP contribution is -2.13. The molecule has 6 nitrogen and oxygen atoms in total. The zero-order valence-corrected chi connectivity index (χ0v) is 15.0. The van der Waals surface area contributed by atoms with Crippen LogP contribution in [0.4, 0.5) is 5.69 Å². The third kappa shape index (κ3) is 5.04. The quantitative estimate of drug-likeness (QED) is 0.464. The molecule has 1 amide bonds. The van der Waals surface area contributed by atoms with Gasteiger partial charge in [0.1, 0.15) is 24.0 Å². The highest BCUT2D eigenvalue weighted by Crippen LogP contribution is 2.30. The number of ether oxygens (including phenoxy) is 3. The molecule has 0 saturated heterocycles. The molecule has 2 rings (SSSR count). The van der Waals surface area contributed by atoms with Crippen molar-refractivity contribution >= 4 is 17.7 Å². The number of hydrogen-bond acceptors (Lipinski definition) is 5. The third-order valence-electron chi connectivity index (χ3n) is 3.54. The van der Waals surface area contributed by atoms with Crippen LogP contribution in [0.3, 0.4) is 0 Å². The molecule has 0 unspecified atom stereocenters. The fourth-order valence-corrected chi connectivity index (χ4v) is 2.27. The molecule has 2 aromatic rings. The van der Waals surface area contributed by atoms with Crippen LogP contribution in [0, 0.1) is 23.7 Å². The van der Waals surface area contributed by atoms with Gasteiger partial charge in [0, 0.05) is 17.3 Å². The summed E-state index contributed by atoms with van der Waals surface area (Å²) >= 11 is 0. The van der Waals surface area contributed by atoms with Gasteiger partial charge in [0.25, 0.3) is 5.91 Å². The first-order valence-corrected chi connectivity index (χ1v) is 7.93. The third-order valence-corrected chi connectivity index (χ3v) is 3.54. The van der Waals surface area contributed by atoms with E-state index in [0.29, 0.717) is 28.5 Å². The second-order valence-corrected chi connectivity index (χ2v) is 5.22. The summed E-state index contributed by atoms with van der Waals surface area (Å²) < 4.78 is 15.8. The fourth-order valence-electron chi connectivity index (χ4n) is 2.27. The van der Waals surface area contributed by atoms with Crippen LogP contribution < -0.4 is 19.5 Å². The molecule has 0 aliphatic heterocycles. The average Bonchev–Trinajstić information content (AvgIpc) is 2.70. The molecule has 0 spiro atoms. The van der Waals surface area contributed by atoms with E-state index >= 15 is 0 Å². The molecule has 136 valence electrons. The molecule has 0 fully saturated rings. The number of benzene rings is 2. The maximum absolute atomic E-state index is 12.5. The van der Waals surface area contributed by atoms with Crippen LogP contribution in [0.15, 0.2) is 48.0 Å². The van der Waals surface area contributed by atoms with Crippen molar-refractivity contribution in [2.24, 2.45) is 0 Å². The van der Waals surface area contributed by atoms with Crippen molar-refractivity contribution in [3.05, 3.63) is 53.6 Å². The summed E-state index contributed by atoms with van der Waals surface area (Å²) in [5.41, 5.74) is 0.962. The van der Waals surface area contributed by atoms with Crippen LogP contribution in [0.1, 0.15) is 5.56 Å². The Kier molecular flexibility index (Phi) is 6.87. The number of nitrogens with one attached hydrogen (secondary N) is 1. The number of nitriles is 1. The molecule has 27 heavy (non-hydrogen) atoms. The van der Waals surface area contributed by atoms with Gasteiger partial charge >= 0.3 is 0 Å². The molecule has 0 aliphatic rings. The second-order valence-electron chi connectivity index (χ2n) is 5.22. The van der Waals surface area contributed by atoms with E-state index in [1.54, 1.807) is 42.5 Å². The number of nitrogens with zero attached hydrogens (tertiary/aromatic N) is 1. The van der Waals surface area contributed by atoms with Gasteiger partial charge in [-0.1, -0.05) is 24.1 Å². The van der Waals surface area contributed by atoms with Gasteiger partial charge in [-0.15, -0.1) is 6.42 Å². The molecule has 0 aromatic heterocycles. The van der Waals surface area contributed by atoms with E-state index in [1.807, 2.05) is 6.07 Å². The van der Waals surface area contributed by atoms with Crippen molar-refractivity contribution < 1.29 is 19.0 Å². The summed E-state index contributed by atoms with van der Waals surface area (Å²) in [5.74, 6) is 3.30. The molecule has 0 heterocycles. The van der Waals surface area contributed by atoms with E-state index in [1.165, 1.54) is 20.3 Å². The van der Waals surface area contributed by atoms with Crippen LogP contribution in [-0.2, 0) is 4.79 Å². The minimum atomic E-state index is -0.559. The van der Waals surface area contributed by atoms with Gasteiger partial charge < -0.3 is 19.5 Å². The van der Waals surface area contributed by atoms with E-state index in [-0.39, 0.29) is 12.2 Å². The SMILES string of the molecule is C#CCOc1ccccc1/C=C(\C#N)C(=O)Nc1ccc(OC)c(OC)c1. The Morgan fingerprint density at radius 3 is 2.56 bits per heavy atom. The Labute approximate surface area is 158 Å². The Hall–Kier alpha value is -3.90. The summed E-state index contributed by atoms with van der Waals surface area (Å²) in [6.07, 6.45) is 6.65. The van der Waals surface area contributed by atoms with Crippen LogP contribution in [0.25, 0.3) is 6.08 Å². The van der Waals surface area contributed by atoms with Crippen molar-refractivity contribution in [1.29, 1.82) is 5.26 Å². The molecule has 1 N–H and O–H groups in total. The highest BCUT2D eigenvalue weighted by atomic mass is 16.5. The first-order valence-electron chi connectivity index (χ1n) is 7.93. The normalized spacial score (nSPS) is 10.3. The molecular formula is C21H18N2O4. The summed E-state index contributed by atoms with van der Waals surface area (Å²) in [7, 11) is 3.02. The minimum Gasteiger partial charge on any atom is -0.493 e.